The number of halogens is 1. The summed E-state index contributed by atoms with van der Waals surface area (Å²) < 4.78 is 3.22. The summed E-state index contributed by atoms with van der Waals surface area (Å²) in [5, 5.41) is 6.88. The lowest BCUT2D eigenvalue weighted by Gasteiger charge is -2.36. The van der Waals surface area contributed by atoms with Gasteiger partial charge in [0.2, 0.25) is 11.8 Å². The Hall–Kier alpha value is -1.99. The van der Waals surface area contributed by atoms with Crippen molar-refractivity contribution in [2.24, 2.45) is 0 Å². The van der Waals surface area contributed by atoms with E-state index in [0.717, 1.165) is 41.3 Å². The predicted molar refractivity (Wildman–Crippen MR) is 125 cm³/mol. The van der Waals surface area contributed by atoms with Crippen molar-refractivity contribution in [3.05, 3.63) is 23.2 Å². The normalized spacial score (nSPS) is 14.7. The molecule has 0 atom stereocenters. The number of carbonyl (C=O) groups excluding carboxylic acids is 2. The van der Waals surface area contributed by atoms with Crippen LogP contribution in [0.3, 0.4) is 0 Å². The van der Waals surface area contributed by atoms with Gasteiger partial charge in [0.1, 0.15) is 0 Å². The highest BCUT2D eigenvalue weighted by Gasteiger charge is 2.27. The quantitative estimate of drug-likeness (QED) is 0.460. The first-order valence-electron chi connectivity index (χ1n) is 9.58. The molecule has 1 aliphatic rings. The highest BCUT2D eigenvalue weighted by atomic mass is 35.5. The van der Waals surface area contributed by atoms with Gasteiger partial charge in [-0.25, -0.2) is 9.29 Å². The van der Waals surface area contributed by atoms with Crippen LogP contribution in [0.15, 0.2) is 18.2 Å². The molecule has 2 amide bonds. The van der Waals surface area contributed by atoms with Crippen LogP contribution < -0.4 is 15.5 Å². The van der Waals surface area contributed by atoms with Gasteiger partial charge in [-0.2, -0.15) is 0 Å². The molecule has 2 N–H and O–H groups in total. The average molecular weight is 466 g/mol. The average Bonchev–Trinajstić information content (AvgIpc) is 3.18. The minimum atomic E-state index is -0.289. The Morgan fingerprint density at radius 3 is 2.83 bits per heavy atom. The number of carbonyl (C=O) groups is 2. The third-order valence-corrected chi connectivity index (χ3v) is 7.08. The molecular weight excluding hydrogens is 442 g/mol. The summed E-state index contributed by atoms with van der Waals surface area (Å²) in [4.78, 5) is 30.8. The molecule has 3 rings (SSSR count). The topological polar surface area (TPSA) is 77.6 Å². The number of rotatable bonds is 8. The molecule has 0 aliphatic carbocycles. The molecule has 2 aromatic rings. The van der Waals surface area contributed by atoms with Crippen molar-refractivity contribution >= 4 is 62.0 Å². The second-order valence-electron chi connectivity index (χ2n) is 6.84. The molecule has 2 heterocycles. The highest BCUT2D eigenvalue weighted by molar-refractivity contribution is 7.96. The summed E-state index contributed by atoms with van der Waals surface area (Å²) in [6.07, 6.45) is 8.94. The fraction of sp³-hybridized carbons (Fsp3) is 0.450. The van der Waals surface area contributed by atoms with E-state index in [-0.39, 0.29) is 31.4 Å². The van der Waals surface area contributed by atoms with Crippen LogP contribution >= 0.6 is 34.9 Å². The van der Waals surface area contributed by atoms with Crippen LogP contribution in [0.2, 0.25) is 5.02 Å². The van der Waals surface area contributed by atoms with Crippen LogP contribution in [-0.2, 0) is 9.59 Å². The first kappa shape index (κ1) is 22.7. The number of anilines is 1. The molecule has 10 heteroatoms. The standard InChI is InChI=1S/C20H24ClN5O2S2/c1-3-8-22-18(27)12-23-19(28)13-26(29-2)15-6-9-25(10-7-15)20-24-16-11-14(21)4-5-17(16)30-20/h1,4-5,11,15H,6-10,12-13H2,2H3,(H,22,27)(H,23,28). The summed E-state index contributed by atoms with van der Waals surface area (Å²) in [5.41, 5.74) is 0.929. The summed E-state index contributed by atoms with van der Waals surface area (Å²) in [6, 6.07) is 6.08. The minimum absolute atomic E-state index is 0.0667. The van der Waals surface area contributed by atoms with Gasteiger partial charge >= 0.3 is 0 Å². The molecule has 160 valence electrons. The highest BCUT2D eigenvalue weighted by Crippen LogP contribution is 2.33. The lowest BCUT2D eigenvalue weighted by Crippen LogP contribution is -2.46. The fourth-order valence-corrected chi connectivity index (χ4v) is 5.22. The number of nitrogens with zero attached hydrogens (tertiary/aromatic N) is 3. The largest absolute Gasteiger partial charge is 0.348 e. The van der Waals surface area contributed by atoms with Gasteiger partial charge in [-0.15, -0.1) is 6.42 Å². The number of benzene rings is 1. The maximum Gasteiger partial charge on any atom is 0.240 e. The number of thiazole rings is 1. The molecule has 1 saturated heterocycles. The number of terminal acetylenes is 1. The molecule has 1 aromatic carbocycles. The second-order valence-corrected chi connectivity index (χ2v) is 9.12. The molecule has 1 aliphatic heterocycles. The molecule has 7 nitrogen and oxygen atoms in total. The van der Waals surface area contributed by atoms with E-state index in [1.807, 2.05) is 24.5 Å². The minimum Gasteiger partial charge on any atom is -0.348 e. The van der Waals surface area contributed by atoms with Crippen LogP contribution in [0, 0.1) is 12.3 Å². The first-order chi connectivity index (χ1) is 14.5. The van der Waals surface area contributed by atoms with Gasteiger partial charge in [0.25, 0.3) is 0 Å². The first-order valence-corrected chi connectivity index (χ1v) is 12.0. The van der Waals surface area contributed by atoms with Gasteiger partial charge in [0.15, 0.2) is 5.13 Å². The molecule has 0 saturated carbocycles. The van der Waals surface area contributed by atoms with Gasteiger partial charge in [-0.05, 0) is 37.3 Å². The zero-order chi connectivity index (χ0) is 21.5. The van der Waals surface area contributed by atoms with Crippen LogP contribution in [0.5, 0.6) is 0 Å². The monoisotopic (exact) mass is 465 g/mol. The van der Waals surface area contributed by atoms with Gasteiger partial charge in [-0.1, -0.05) is 40.8 Å². The van der Waals surface area contributed by atoms with E-state index in [1.165, 1.54) is 0 Å². The summed E-state index contributed by atoms with van der Waals surface area (Å²) in [7, 11) is 0. The number of aromatic nitrogens is 1. The van der Waals surface area contributed by atoms with Crippen molar-refractivity contribution in [1.82, 2.24) is 19.9 Å². The Morgan fingerprint density at radius 1 is 1.37 bits per heavy atom. The van der Waals surface area contributed by atoms with E-state index in [2.05, 4.69) is 25.8 Å². The molecular formula is C20H24ClN5O2S2. The Balaban J connectivity index is 1.49. The summed E-state index contributed by atoms with van der Waals surface area (Å²) >= 11 is 9.30. The molecule has 0 unspecified atom stereocenters. The van der Waals surface area contributed by atoms with Crippen molar-refractivity contribution < 1.29 is 9.59 Å². The Bertz CT molecular complexity index is 937. The third kappa shape index (κ3) is 6.01. The second kappa shape index (κ2) is 10.9. The summed E-state index contributed by atoms with van der Waals surface area (Å²) in [5.74, 6) is 1.86. The van der Waals surface area contributed by atoms with E-state index in [1.54, 1.807) is 23.3 Å². The van der Waals surface area contributed by atoms with Crippen LogP contribution in [0.4, 0.5) is 5.13 Å². The Labute approximate surface area is 189 Å². The number of hydrogen-bond acceptors (Lipinski definition) is 7. The van der Waals surface area contributed by atoms with Crippen molar-refractivity contribution in [3.63, 3.8) is 0 Å². The van der Waals surface area contributed by atoms with E-state index >= 15 is 0 Å². The molecule has 1 aromatic heterocycles. The maximum absolute atomic E-state index is 12.2. The van der Waals surface area contributed by atoms with E-state index in [9.17, 15) is 9.59 Å². The molecule has 30 heavy (non-hydrogen) atoms. The molecule has 0 radical (unpaired) electrons. The number of hydrogen-bond donors (Lipinski definition) is 2. The van der Waals surface area contributed by atoms with Crippen LogP contribution in [-0.4, -0.2) is 66.1 Å². The van der Waals surface area contributed by atoms with E-state index < -0.39 is 0 Å². The number of amides is 2. The smallest absolute Gasteiger partial charge is 0.240 e. The molecule has 0 bridgehead atoms. The maximum atomic E-state index is 12.2. The Kier molecular flexibility index (Phi) is 8.22. The van der Waals surface area contributed by atoms with Crippen LogP contribution in [0.25, 0.3) is 10.2 Å². The van der Waals surface area contributed by atoms with Crippen molar-refractivity contribution in [3.8, 4) is 12.3 Å². The van der Waals surface area contributed by atoms with Gasteiger partial charge in [-0.3, -0.25) is 9.59 Å². The fourth-order valence-electron chi connectivity index (χ4n) is 3.30. The van der Waals surface area contributed by atoms with E-state index in [0.29, 0.717) is 11.1 Å². The van der Waals surface area contributed by atoms with Crippen LogP contribution in [0.1, 0.15) is 12.8 Å². The van der Waals surface area contributed by atoms with Crippen molar-refractivity contribution in [1.29, 1.82) is 0 Å². The molecule has 0 spiro atoms. The number of fused-ring (bicyclic) bond motifs is 1. The third-order valence-electron chi connectivity index (χ3n) is 4.85. The van der Waals surface area contributed by atoms with Crippen molar-refractivity contribution in [2.45, 2.75) is 18.9 Å². The Morgan fingerprint density at radius 2 is 2.13 bits per heavy atom. The van der Waals surface area contributed by atoms with Gasteiger partial charge in [0, 0.05) is 24.2 Å². The molecule has 1 fully saturated rings. The van der Waals surface area contributed by atoms with E-state index in [4.69, 9.17) is 23.0 Å². The lowest BCUT2D eigenvalue weighted by atomic mass is 10.1. The summed E-state index contributed by atoms with van der Waals surface area (Å²) in [6.45, 7) is 2.10. The number of nitrogens with one attached hydrogen (secondary N) is 2. The van der Waals surface area contributed by atoms with Gasteiger partial charge in [0.05, 0.1) is 29.9 Å². The van der Waals surface area contributed by atoms with Crippen molar-refractivity contribution in [2.75, 3.05) is 43.9 Å². The predicted octanol–water partition coefficient (Wildman–Crippen LogP) is 2.36. The van der Waals surface area contributed by atoms with Gasteiger partial charge < -0.3 is 15.5 Å². The zero-order valence-corrected chi connectivity index (χ0v) is 19.1. The zero-order valence-electron chi connectivity index (χ0n) is 16.7. The SMILES string of the molecule is C#CCNC(=O)CNC(=O)CN(SC)C1CCN(c2nc3cc(Cl)ccc3s2)CC1. The lowest BCUT2D eigenvalue weighted by molar-refractivity contribution is -0.126. The number of piperidine rings is 1.